The lowest BCUT2D eigenvalue weighted by Gasteiger charge is -2.32. The van der Waals surface area contributed by atoms with Crippen LogP contribution in [0.3, 0.4) is 0 Å². The van der Waals surface area contributed by atoms with E-state index in [-0.39, 0.29) is 23.3 Å². The fourth-order valence-electron chi connectivity index (χ4n) is 3.61. The number of ether oxygens (including phenoxy) is 1. The van der Waals surface area contributed by atoms with Gasteiger partial charge in [-0.2, -0.15) is 4.98 Å². The molecule has 8 nitrogen and oxygen atoms in total. The maximum Gasteiger partial charge on any atom is 0.410 e. The molecular weight excluding hydrogens is 389 g/mol. The molecule has 1 fully saturated rings. The second kappa shape index (κ2) is 7.70. The van der Waals surface area contributed by atoms with E-state index in [0.29, 0.717) is 61.0 Å². The van der Waals surface area contributed by atoms with Gasteiger partial charge in [0.1, 0.15) is 16.9 Å². The highest BCUT2D eigenvalue weighted by Gasteiger charge is 2.30. The molecule has 2 aromatic heterocycles. The lowest BCUT2D eigenvalue weighted by Crippen LogP contribution is -2.41. The highest BCUT2D eigenvalue weighted by atomic mass is 19.1. The lowest BCUT2D eigenvalue weighted by atomic mass is 9.97. The number of hydrogen-bond donors (Lipinski definition) is 1. The monoisotopic (exact) mass is 415 g/mol. The van der Waals surface area contributed by atoms with Crippen LogP contribution in [0.25, 0.3) is 22.4 Å². The first-order chi connectivity index (χ1) is 14.2. The van der Waals surface area contributed by atoms with Gasteiger partial charge in [0.25, 0.3) is 0 Å². The number of hydrogen-bond acceptors (Lipinski definition) is 6. The molecule has 0 saturated carbocycles. The predicted molar refractivity (Wildman–Crippen MR) is 109 cm³/mol. The molecule has 0 aliphatic carbocycles. The van der Waals surface area contributed by atoms with Crippen LogP contribution in [0.2, 0.25) is 0 Å². The largest absolute Gasteiger partial charge is 0.444 e. The predicted octanol–water partition coefficient (Wildman–Crippen LogP) is 4.43. The van der Waals surface area contributed by atoms with Crippen LogP contribution in [0.5, 0.6) is 0 Å². The van der Waals surface area contributed by atoms with Gasteiger partial charge in [-0.25, -0.2) is 14.2 Å². The second-order valence-corrected chi connectivity index (χ2v) is 8.55. The molecule has 0 bridgehead atoms. The van der Waals surface area contributed by atoms with E-state index in [1.807, 2.05) is 27.7 Å². The van der Waals surface area contributed by atoms with Gasteiger partial charge >= 0.3 is 6.09 Å². The van der Waals surface area contributed by atoms with E-state index in [1.165, 1.54) is 6.07 Å². The van der Waals surface area contributed by atoms with Crippen molar-refractivity contribution in [1.29, 1.82) is 0 Å². The van der Waals surface area contributed by atoms with Crippen molar-refractivity contribution < 1.29 is 18.4 Å². The molecule has 1 saturated heterocycles. The maximum atomic E-state index is 14.1. The van der Waals surface area contributed by atoms with Crippen molar-refractivity contribution >= 4 is 17.1 Å². The molecule has 9 heteroatoms. The molecule has 0 spiro atoms. The SMILES string of the molecule is CCc1nc2c(F)ccc(-c3noc(C4CCN(C(=O)OC(C)(C)C)CC4)n3)c2[nH]1. The highest BCUT2D eigenvalue weighted by molar-refractivity contribution is 5.90. The Morgan fingerprint density at radius 3 is 2.70 bits per heavy atom. The van der Waals surface area contributed by atoms with Crippen LogP contribution in [0, 0.1) is 5.82 Å². The molecule has 1 aromatic carbocycles. The van der Waals surface area contributed by atoms with Crippen LogP contribution in [-0.4, -0.2) is 49.8 Å². The van der Waals surface area contributed by atoms with E-state index < -0.39 is 5.60 Å². The summed E-state index contributed by atoms with van der Waals surface area (Å²) < 4.78 is 25.1. The fourth-order valence-corrected chi connectivity index (χ4v) is 3.61. The number of amides is 1. The fraction of sp³-hybridized carbons (Fsp3) is 0.524. The first-order valence-electron chi connectivity index (χ1n) is 10.2. The quantitative estimate of drug-likeness (QED) is 0.680. The lowest BCUT2D eigenvalue weighted by molar-refractivity contribution is 0.0198. The Bertz CT molecular complexity index is 1060. The first-order valence-corrected chi connectivity index (χ1v) is 10.2. The van der Waals surface area contributed by atoms with Gasteiger partial charge in [-0.05, 0) is 45.7 Å². The third kappa shape index (κ3) is 4.01. The van der Waals surface area contributed by atoms with Crippen LogP contribution in [0.1, 0.15) is 58.2 Å². The molecule has 0 unspecified atom stereocenters. The van der Waals surface area contributed by atoms with E-state index in [9.17, 15) is 9.18 Å². The van der Waals surface area contributed by atoms with Gasteiger partial charge in [-0.3, -0.25) is 0 Å². The number of fused-ring (bicyclic) bond motifs is 1. The number of carbonyl (C=O) groups excluding carboxylic acids is 1. The summed E-state index contributed by atoms with van der Waals surface area (Å²) in [6.07, 6.45) is 1.79. The average molecular weight is 415 g/mol. The van der Waals surface area contributed by atoms with Crippen LogP contribution in [-0.2, 0) is 11.2 Å². The van der Waals surface area contributed by atoms with Gasteiger partial charge in [0.15, 0.2) is 5.82 Å². The molecule has 30 heavy (non-hydrogen) atoms. The summed E-state index contributed by atoms with van der Waals surface area (Å²) in [5.74, 6) is 1.31. The van der Waals surface area contributed by atoms with E-state index >= 15 is 0 Å². The summed E-state index contributed by atoms with van der Waals surface area (Å²) >= 11 is 0. The molecule has 3 aromatic rings. The Kier molecular flexibility index (Phi) is 5.21. The summed E-state index contributed by atoms with van der Waals surface area (Å²) in [7, 11) is 0. The van der Waals surface area contributed by atoms with Crippen LogP contribution in [0.4, 0.5) is 9.18 Å². The van der Waals surface area contributed by atoms with Gasteiger partial charge in [0, 0.05) is 31.0 Å². The van der Waals surface area contributed by atoms with Crippen molar-refractivity contribution in [3.05, 3.63) is 29.7 Å². The number of aryl methyl sites for hydroxylation is 1. The van der Waals surface area contributed by atoms with Crippen LogP contribution >= 0.6 is 0 Å². The number of aromatic amines is 1. The number of imidazole rings is 1. The molecular formula is C21H26FN5O3. The number of nitrogens with zero attached hydrogens (tertiary/aromatic N) is 4. The molecule has 3 heterocycles. The number of halogens is 1. The van der Waals surface area contributed by atoms with E-state index in [0.717, 1.165) is 0 Å². The van der Waals surface area contributed by atoms with Gasteiger partial charge in [-0.1, -0.05) is 12.1 Å². The number of rotatable bonds is 3. The third-order valence-corrected chi connectivity index (χ3v) is 5.16. The highest BCUT2D eigenvalue weighted by Crippen LogP contribution is 2.31. The van der Waals surface area contributed by atoms with Gasteiger partial charge in [0.05, 0.1) is 5.52 Å². The number of piperidine rings is 1. The van der Waals surface area contributed by atoms with E-state index in [4.69, 9.17) is 9.26 Å². The smallest absolute Gasteiger partial charge is 0.410 e. The summed E-state index contributed by atoms with van der Waals surface area (Å²) in [5.41, 5.74) is 0.986. The third-order valence-electron chi connectivity index (χ3n) is 5.16. The molecule has 0 atom stereocenters. The minimum atomic E-state index is -0.514. The summed E-state index contributed by atoms with van der Waals surface area (Å²) in [5, 5.41) is 4.12. The van der Waals surface area contributed by atoms with Crippen molar-refractivity contribution in [2.45, 2.75) is 58.5 Å². The zero-order valence-electron chi connectivity index (χ0n) is 17.7. The number of H-pyrrole nitrogens is 1. The topological polar surface area (TPSA) is 97.1 Å². The molecule has 160 valence electrons. The number of benzene rings is 1. The average Bonchev–Trinajstić information content (AvgIpc) is 3.35. The van der Waals surface area contributed by atoms with E-state index in [2.05, 4.69) is 20.1 Å². The van der Waals surface area contributed by atoms with Gasteiger partial charge < -0.3 is 19.1 Å². The number of nitrogens with one attached hydrogen (secondary N) is 1. The molecule has 1 amide bonds. The van der Waals surface area contributed by atoms with Gasteiger partial charge in [0.2, 0.25) is 11.7 Å². The van der Waals surface area contributed by atoms with Crippen LogP contribution in [0.15, 0.2) is 16.7 Å². The Balaban J connectivity index is 1.50. The first kappa shape index (κ1) is 20.3. The van der Waals surface area contributed by atoms with Crippen molar-refractivity contribution in [3.63, 3.8) is 0 Å². The minimum absolute atomic E-state index is 0.0637. The minimum Gasteiger partial charge on any atom is -0.444 e. The number of aromatic nitrogens is 4. The standard InChI is InChI=1S/C21H26FN5O3/c1-5-15-23-16-13(6-7-14(22)17(16)24-15)18-25-19(30-26-18)12-8-10-27(11-9-12)20(28)29-21(2,3)4/h6-7,12H,5,8-11H2,1-4H3,(H,23,24). The number of carbonyl (C=O) groups is 1. The van der Waals surface area contributed by atoms with Crippen molar-refractivity contribution in [1.82, 2.24) is 25.0 Å². The van der Waals surface area contributed by atoms with E-state index in [1.54, 1.807) is 11.0 Å². The Hall–Kier alpha value is -2.97. The molecule has 1 aliphatic rings. The summed E-state index contributed by atoms with van der Waals surface area (Å²) in [4.78, 5) is 26.0. The molecule has 1 N–H and O–H groups in total. The van der Waals surface area contributed by atoms with Crippen molar-refractivity contribution in [3.8, 4) is 11.4 Å². The zero-order chi connectivity index (χ0) is 21.5. The van der Waals surface area contributed by atoms with Crippen molar-refractivity contribution in [2.75, 3.05) is 13.1 Å². The van der Waals surface area contributed by atoms with Gasteiger partial charge in [-0.15, -0.1) is 0 Å². The second-order valence-electron chi connectivity index (χ2n) is 8.55. The Labute approximate surface area is 173 Å². The maximum absolute atomic E-state index is 14.1. The molecule has 4 rings (SSSR count). The zero-order valence-corrected chi connectivity index (χ0v) is 17.7. The number of likely N-dealkylation sites (tertiary alicyclic amines) is 1. The Morgan fingerprint density at radius 2 is 2.03 bits per heavy atom. The summed E-state index contributed by atoms with van der Waals surface area (Å²) in [6, 6.07) is 3.00. The normalized spacial score (nSPS) is 15.7. The van der Waals surface area contributed by atoms with Crippen molar-refractivity contribution in [2.24, 2.45) is 0 Å². The van der Waals surface area contributed by atoms with Crippen LogP contribution < -0.4 is 0 Å². The Morgan fingerprint density at radius 1 is 1.30 bits per heavy atom. The molecule has 1 aliphatic heterocycles. The molecule has 0 radical (unpaired) electrons. The summed E-state index contributed by atoms with van der Waals surface area (Å²) in [6.45, 7) is 8.65.